The maximum atomic E-state index is 9.49. The molecule has 0 saturated heterocycles. The van der Waals surface area contributed by atoms with Crippen LogP contribution in [0.15, 0.2) is 174 Å². The maximum Gasteiger partial charge on any atom is 0.140 e. The summed E-state index contributed by atoms with van der Waals surface area (Å²) < 4.78 is 58.4. The second-order valence-corrected chi connectivity index (χ2v) is 12.8. The molecule has 2 heteroatoms. The van der Waals surface area contributed by atoms with Crippen molar-refractivity contribution in [3.8, 4) is 44.9 Å². The van der Waals surface area contributed by atoms with Crippen molar-refractivity contribution in [1.29, 1.82) is 0 Å². The van der Waals surface area contributed by atoms with E-state index in [4.69, 9.17) is 13.3 Å². The van der Waals surface area contributed by atoms with Crippen molar-refractivity contribution in [3.05, 3.63) is 192 Å². The lowest BCUT2D eigenvalue weighted by Gasteiger charge is -2.34. The molecule has 8 aromatic carbocycles. The van der Waals surface area contributed by atoms with E-state index in [1.165, 1.54) is 0 Å². The Morgan fingerprint density at radius 3 is 2.14 bits per heavy atom. The van der Waals surface area contributed by atoms with Gasteiger partial charge in [0.1, 0.15) is 22.7 Å². The predicted octanol–water partition coefficient (Wildman–Crippen LogP) is 12.5. The van der Waals surface area contributed by atoms with Gasteiger partial charge in [0.2, 0.25) is 0 Å². The summed E-state index contributed by atoms with van der Waals surface area (Å²) in [5.74, 6) is 1.62. The van der Waals surface area contributed by atoms with Crippen LogP contribution in [0.5, 0.6) is 11.5 Å². The molecule has 2 nitrogen and oxygen atoms in total. The number of para-hydroxylation sites is 2. The quantitative estimate of drug-likeness (QED) is 0.194. The number of ether oxygens (including phenoxy) is 1. The van der Waals surface area contributed by atoms with Crippen LogP contribution in [0, 0.1) is 0 Å². The van der Waals surface area contributed by atoms with E-state index in [0.29, 0.717) is 16.7 Å². The highest BCUT2D eigenvalue weighted by atomic mass is 16.5. The van der Waals surface area contributed by atoms with Gasteiger partial charge in [-0.15, -0.1) is 0 Å². The molecule has 0 amide bonds. The lowest BCUT2D eigenvalue weighted by Crippen LogP contribution is -2.28. The molecule has 0 spiro atoms. The molecule has 0 bridgehead atoms. The van der Waals surface area contributed by atoms with Crippen LogP contribution in [0.3, 0.4) is 0 Å². The summed E-state index contributed by atoms with van der Waals surface area (Å²) in [5.41, 5.74) is 8.34. The van der Waals surface area contributed by atoms with Gasteiger partial charge in [0.25, 0.3) is 0 Å². The highest BCUT2D eigenvalue weighted by molar-refractivity contribution is 6.08. The monoisotopic (exact) mass is 629 g/mol. The van der Waals surface area contributed by atoms with Crippen molar-refractivity contribution >= 4 is 32.7 Å². The molecule has 49 heavy (non-hydrogen) atoms. The Hall–Kier alpha value is -6.38. The molecule has 2 heterocycles. The summed E-state index contributed by atoms with van der Waals surface area (Å²) in [6.45, 7) is 0. The first-order valence-corrected chi connectivity index (χ1v) is 16.4. The third-order valence-electron chi connectivity index (χ3n) is 10.4. The third kappa shape index (κ3) is 3.55. The van der Waals surface area contributed by atoms with Crippen LogP contribution in [-0.2, 0) is 5.41 Å². The minimum atomic E-state index is -1.34. The van der Waals surface area contributed by atoms with Gasteiger partial charge in [0, 0.05) is 27.3 Å². The van der Waals surface area contributed by atoms with Gasteiger partial charge in [-0.25, -0.2) is 0 Å². The van der Waals surface area contributed by atoms with Gasteiger partial charge in [-0.2, -0.15) is 0 Å². The zero-order chi connectivity index (χ0) is 36.5. The zero-order valence-corrected chi connectivity index (χ0v) is 26.1. The van der Waals surface area contributed by atoms with E-state index in [2.05, 4.69) is 60.7 Å². The standard InChI is InChI=1S/C47H28O2/c1-2-13-32(14-3-1)47(40-20-10-18-37-35-16-5-7-21-42(35)49-46(37)40)39-19-6-4-15-33(39)34-25-23-31(28-41(34)47)30-24-26-43-38(27-30)36-17-8-11-29-12-9-22-44(48-43)45(29)36/h1-28H/i1D,2D,3D,13D,14D. The minimum absolute atomic E-state index is 0.187. The van der Waals surface area contributed by atoms with Crippen LogP contribution in [0.25, 0.3) is 66.1 Å². The topological polar surface area (TPSA) is 22.4 Å². The lowest BCUT2D eigenvalue weighted by atomic mass is 9.67. The molecular weight excluding hydrogens is 597 g/mol. The Bertz CT molecular complexity index is 3070. The molecule has 1 aromatic heterocycles. The Labute approximate surface area is 290 Å². The number of hydrogen-bond donors (Lipinski definition) is 0. The van der Waals surface area contributed by atoms with Crippen LogP contribution in [0.1, 0.15) is 29.1 Å². The molecule has 1 aliphatic carbocycles. The molecule has 0 radical (unpaired) electrons. The highest BCUT2D eigenvalue weighted by Gasteiger charge is 2.47. The van der Waals surface area contributed by atoms with Crippen LogP contribution >= 0.6 is 0 Å². The summed E-state index contributed by atoms with van der Waals surface area (Å²) in [5, 5.41) is 4.02. The summed E-state index contributed by atoms with van der Waals surface area (Å²) in [6, 6.07) is 45.2. The molecule has 228 valence electrons. The van der Waals surface area contributed by atoms with Gasteiger partial charge in [-0.1, -0.05) is 139 Å². The molecule has 0 fully saturated rings. The average Bonchev–Trinajstić information content (AvgIpc) is 3.73. The largest absolute Gasteiger partial charge is 0.456 e. The zero-order valence-electron chi connectivity index (χ0n) is 31.1. The normalized spacial score (nSPS) is 17.0. The summed E-state index contributed by atoms with van der Waals surface area (Å²) >= 11 is 0. The van der Waals surface area contributed by atoms with Crippen molar-refractivity contribution in [2.24, 2.45) is 0 Å². The Morgan fingerprint density at radius 1 is 0.490 bits per heavy atom. The van der Waals surface area contributed by atoms with E-state index in [1.54, 1.807) is 0 Å². The fourth-order valence-corrected chi connectivity index (χ4v) is 8.38. The van der Waals surface area contributed by atoms with E-state index in [9.17, 15) is 2.74 Å². The Morgan fingerprint density at radius 2 is 1.20 bits per heavy atom. The number of furan rings is 1. The average molecular weight is 630 g/mol. The SMILES string of the molecule is [2H]c1c([2H])c([2H])c(C2(c3cccc4c3oc3ccccc34)c3ccccc3-c3ccc(-c4ccc5c(c4)-c4cccc6cccc(c46)O5)cc32)c([2H])c1[2H]. The molecule has 9 aromatic rings. The first kappa shape index (κ1) is 22.2. The summed E-state index contributed by atoms with van der Waals surface area (Å²) in [4.78, 5) is 0. The maximum absolute atomic E-state index is 9.49. The van der Waals surface area contributed by atoms with E-state index >= 15 is 0 Å². The van der Waals surface area contributed by atoms with Crippen molar-refractivity contribution in [1.82, 2.24) is 0 Å². The summed E-state index contributed by atoms with van der Waals surface area (Å²) in [6.07, 6.45) is 0. The van der Waals surface area contributed by atoms with Gasteiger partial charge >= 0.3 is 0 Å². The summed E-state index contributed by atoms with van der Waals surface area (Å²) in [7, 11) is 0. The fourth-order valence-electron chi connectivity index (χ4n) is 8.38. The molecule has 1 aliphatic heterocycles. The first-order chi connectivity index (χ1) is 26.4. The van der Waals surface area contributed by atoms with Crippen molar-refractivity contribution in [2.45, 2.75) is 5.41 Å². The molecular formula is C47H28O2. The van der Waals surface area contributed by atoms with Crippen molar-refractivity contribution in [3.63, 3.8) is 0 Å². The minimum Gasteiger partial charge on any atom is -0.456 e. The molecule has 1 unspecified atom stereocenters. The number of benzene rings is 8. The fraction of sp³-hybridized carbons (Fsp3) is 0.0213. The van der Waals surface area contributed by atoms with Gasteiger partial charge in [0.15, 0.2) is 0 Å². The number of fused-ring (bicyclic) bond motifs is 8. The van der Waals surface area contributed by atoms with E-state index in [1.807, 2.05) is 78.9 Å². The smallest absolute Gasteiger partial charge is 0.140 e. The van der Waals surface area contributed by atoms with Gasteiger partial charge in [-0.3, -0.25) is 0 Å². The molecule has 11 rings (SSSR count). The molecule has 0 N–H and O–H groups in total. The number of hydrogen-bond acceptors (Lipinski definition) is 2. The van der Waals surface area contributed by atoms with Crippen LogP contribution in [-0.4, -0.2) is 0 Å². The lowest BCUT2D eigenvalue weighted by molar-refractivity contribution is 0.487. The highest BCUT2D eigenvalue weighted by Crippen LogP contribution is 2.58. The second-order valence-electron chi connectivity index (χ2n) is 12.8. The molecule has 1 atom stereocenters. The van der Waals surface area contributed by atoms with E-state index in [-0.39, 0.29) is 29.7 Å². The van der Waals surface area contributed by atoms with E-state index < -0.39 is 11.5 Å². The van der Waals surface area contributed by atoms with Gasteiger partial charge in [0.05, 0.1) is 12.3 Å². The van der Waals surface area contributed by atoms with Crippen LogP contribution < -0.4 is 4.74 Å². The second kappa shape index (κ2) is 9.82. The molecule has 2 aliphatic rings. The van der Waals surface area contributed by atoms with Gasteiger partial charge < -0.3 is 9.15 Å². The predicted molar refractivity (Wildman–Crippen MR) is 199 cm³/mol. The van der Waals surface area contributed by atoms with Crippen LogP contribution in [0.4, 0.5) is 0 Å². The molecule has 0 saturated carbocycles. The third-order valence-corrected chi connectivity index (χ3v) is 10.4. The van der Waals surface area contributed by atoms with Gasteiger partial charge in [-0.05, 0) is 80.2 Å². The first-order valence-electron chi connectivity index (χ1n) is 18.9. The van der Waals surface area contributed by atoms with Crippen molar-refractivity contribution in [2.75, 3.05) is 0 Å². The number of rotatable bonds is 3. The van der Waals surface area contributed by atoms with E-state index in [0.717, 1.165) is 77.6 Å². The Balaban J connectivity index is 1.25. The van der Waals surface area contributed by atoms with Crippen LogP contribution in [0.2, 0.25) is 0 Å². The van der Waals surface area contributed by atoms with Crippen molar-refractivity contribution < 1.29 is 16.0 Å². The Kier molecular flexibility index (Phi) is 4.46.